The van der Waals surface area contributed by atoms with Crippen molar-refractivity contribution in [3.05, 3.63) is 29.2 Å². The first-order valence-corrected chi connectivity index (χ1v) is 6.58. The number of nitrogens with zero attached hydrogens (tertiary/aromatic N) is 3. The number of ether oxygens (including phenoxy) is 1. The Kier molecular flexibility index (Phi) is 4.39. The van der Waals surface area contributed by atoms with Crippen LogP contribution in [0.2, 0.25) is 0 Å². The lowest BCUT2D eigenvalue weighted by molar-refractivity contribution is -0.141. The second kappa shape index (κ2) is 5.98. The third kappa shape index (κ3) is 3.33. The predicted molar refractivity (Wildman–Crippen MR) is 74.8 cm³/mol. The molecule has 0 aromatic carbocycles. The molecule has 2 aromatic heterocycles. The van der Waals surface area contributed by atoms with E-state index in [2.05, 4.69) is 14.7 Å². The molecule has 0 fully saturated rings. The maximum absolute atomic E-state index is 13.9. The van der Waals surface area contributed by atoms with E-state index in [0.29, 0.717) is 0 Å². The van der Waals surface area contributed by atoms with Gasteiger partial charge in [-0.05, 0) is 19.1 Å². The lowest BCUT2D eigenvalue weighted by Crippen LogP contribution is -2.18. The van der Waals surface area contributed by atoms with Crippen molar-refractivity contribution >= 4 is 22.8 Å². The summed E-state index contributed by atoms with van der Waals surface area (Å²) in [7, 11) is 2.99. The molecule has 0 saturated heterocycles. The van der Waals surface area contributed by atoms with Crippen LogP contribution in [-0.2, 0) is 10.9 Å². The Balaban J connectivity index is 2.75. The molecule has 5 nitrogen and oxygen atoms in total. The Morgan fingerprint density at radius 2 is 1.91 bits per heavy atom. The molecule has 2 rings (SSSR count). The summed E-state index contributed by atoms with van der Waals surface area (Å²) in [6.45, 7) is 1.37. The molecule has 0 saturated carbocycles. The molecule has 124 valence electrons. The minimum absolute atomic E-state index is 0.0239. The molecule has 0 radical (unpaired) electrons. The van der Waals surface area contributed by atoms with Gasteiger partial charge in [0.05, 0.1) is 12.2 Å². The molecule has 0 unspecified atom stereocenters. The monoisotopic (exact) mass is 331 g/mol. The molecule has 0 aliphatic carbocycles. The van der Waals surface area contributed by atoms with Gasteiger partial charge in [0.1, 0.15) is 0 Å². The number of esters is 1. The van der Waals surface area contributed by atoms with Gasteiger partial charge in [0.25, 0.3) is 0 Å². The SMILES string of the molecule is CCOC(=O)c1cc2cc(F)c(N(C)C)nc2nc1C(F)(F)F. The van der Waals surface area contributed by atoms with E-state index in [1.165, 1.54) is 25.9 Å². The molecule has 0 amide bonds. The average Bonchev–Trinajstić information content (AvgIpc) is 2.44. The second-order valence-corrected chi connectivity index (χ2v) is 4.84. The number of anilines is 1. The summed E-state index contributed by atoms with van der Waals surface area (Å²) in [6, 6.07) is 1.87. The highest BCUT2D eigenvalue weighted by molar-refractivity contribution is 5.95. The molecule has 0 aliphatic rings. The fourth-order valence-corrected chi connectivity index (χ4v) is 1.96. The molecule has 2 heterocycles. The molecule has 0 bridgehead atoms. The number of pyridine rings is 2. The van der Waals surface area contributed by atoms with Crippen molar-refractivity contribution in [2.45, 2.75) is 13.1 Å². The summed E-state index contributed by atoms with van der Waals surface area (Å²) in [4.78, 5) is 20.2. The van der Waals surface area contributed by atoms with Crippen LogP contribution in [0.25, 0.3) is 11.0 Å². The van der Waals surface area contributed by atoms with Crippen molar-refractivity contribution in [2.75, 3.05) is 25.6 Å². The summed E-state index contributed by atoms with van der Waals surface area (Å²) < 4.78 is 57.9. The van der Waals surface area contributed by atoms with Gasteiger partial charge in [-0.25, -0.2) is 19.2 Å². The van der Waals surface area contributed by atoms with Crippen molar-refractivity contribution in [2.24, 2.45) is 0 Å². The Morgan fingerprint density at radius 3 is 2.43 bits per heavy atom. The highest BCUT2D eigenvalue weighted by atomic mass is 19.4. The minimum Gasteiger partial charge on any atom is -0.462 e. The van der Waals surface area contributed by atoms with Crippen LogP contribution in [0.3, 0.4) is 0 Å². The van der Waals surface area contributed by atoms with Gasteiger partial charge in [-0.15, -0.1) is 0 Å². The van der Waals surface area contributed by atoms with Gasteiger partial charge in [-0.1, -0.05) is 0 Å². The van der Waals surface area contributed by atoms with Crippen LogP contribution >= 0.6 is 0 Å². The predicted octanol–water partition coefficient (Wildman–Crippen LogP) is 3.03. The Bertz CT molecular complexity index is 760. The first-order valence-electron chi connectivity index (χ1n) is 6.58. The standard InChI is InChI=1S/C14H13F4N3O2/c1-4-23-13(22)8-5-7-6-9(15)12(21(2)3)20-11(7)19-10(8)14(16,17)18/h5-6H,4H2,1-3H3. The Hall–Kier alpha value is -2.45. The molecule has 0 aliphatic heterocycles. The number of halogens is 4. The molecular weight excluding hydrogens is 318 g/mol. The van der Waals surface area contributed by atoms with E-state index in [9.17, 15) is 22.4 Å². The van der Waals surface area contributed by atoms with Crippen molar-refractivity contribution in [3.63, 3.8) is 0 Å². The van der Waals surface area contributed by atoms with Crippen LogP contribution < -0.4 is 4.90 Å². The zero-order valence-corrected chi connectivity index (χ0v) is 12.5. The maximum Gasteiger partial charge on any atom is 0.434 e. The van der Waals surface area contributed by atoms with Gasteiger partial charge in [-0.3, -0.25) is 0 Å². The van der Waals surface area contributed by atoms with Gasteiger partial charge in [-0.2, -0.15) is 13.2 Å². The van der Waals surface area contributed by atoms with E-state index in [-0.39, 0.29) is 23.5 Å². The van der Waals surface area contributed by atoms with E-state index in [1.807, 2.05) is 0 Å². The average molecular weight is 331 g/mol. The Morgan fingerprint density at radius 1 is 1.26 bits per heavy atom. The van der Waals surface area contributed by atoms with Crippen LogP contribution in [0.4, 0.5) is 23.4 Å². The number of fused-ring (bicyclic) bond motifs is 1. The van der Waals surface area contributed by atoms with Gasteiger partial charge in [0.2, 0.25) is 0 Å². The summed E-state index contributed by atoms with van der Waals surface area (Å²) >= 11 is 0. The van der Waals surface area contributed by atoms with E-state index < -0.39 is 29.2 Å². The molecule has 9 heteroatoms. The minimum atomic E-state index is -4.87. The number of carbonyl (C=O) groups is 1. The molecular formula is C14H13F4N3O2. The van der Waals surface area contributed by atoms with Gasteiger partial charge in [0.15, 0.2) is 23.0 Å². The third-order valence-corrected chi connectivity index (χ3v) is 2.93. The second-order valence-electron chi connectivity index (χ2n) is 4.84. The van der Waals surface area contributed by atoms with Crippen molar-refractivity contribution < 1.29 is 27.1 Å². The van der Waals surface area contributed by atoms with Crippen molar-refractivity contribution in [1.29, 1.82) is 0 Å². The van der Waals surface area contributed by atoms with Crippen molar-refractivity contribution in [3.8, 4) is 0 Å². The van der Waals surface area contributed by atoms with Crippen LogP contribution in [-0.4, -0.2) is 36.6 Å². The van der Waals surface area contributed by atoms with Gasteiger partial charge < -0.3 is 9.64 Å². The molecule has 0 spiro atoms. The van der Waals surface area contributed by atoms with Crippen LogP contribution in [0.15, 0.2) is 12.1 Å². The van der Waals surface area contributed by atoms with Crippen LogP contribution in [0.5, 0.6) is 0 Å². The van der Waals surface area contributed by atoms with Crippen LogP contribution in [0, 0.1) is 5.82 Å². The van der Waals surface area contributed by atoms with E-state index in [1.54, 1.807) is 0 Å². The molecule has 23 heavy (non-hydrogen) atoms. The van der Waals surface area contributed by atoms with Gasteiger partial charge in [0, 0.05) is 19.5 Å². The summed E-state index contributed by atoms with van der Waals surface area (Å²) in [5.74, 6) is -2.06. The van der Waals surface area contributed by atoms with Crippen molar-refractivity contribution in [1.82, 2.24) is 9.97 Å². The lowest BCUT2D eigenvalue weighted by atomic mass is 10.1. The Labute approximate surface area is 128 Å². The lowest BCUT2D eigenvalue weighted by Gasteiger charge is -2.15. The van der Waals surface area contributed by atoms with E-state index in [0.717, 1.165) is 12.1 Å². The number of carbonyl (C=O) groups excluding carboxylic acids is 1. The maximum atomic E-state index is 13.9. The number of aromatic nitrogens is 2. The first-order chi connectivity index (χ1) is 10.6. The van der Waals surface area contributed by atoms with E-state index in [4.69, 9.17) is 0 Å². The first kappa shape index (κ1) is 16.9. The summed E-state index contributed by atoms with van der Waals surface area (Å²) in [5.41, 5.74) is -2.49. The quantitative estimate of drug-likeness (QED) is 0.639. The fraction of sp³-hybridized carbons (Fsp3) is 0.357. The zero-order valence-electron chi connectivity index (χ0n) is 12.5. The molecule has 0 atom stereocenters. The topological polar surface area (TPSA) is 55.3 Å². The highest BCUT2D eigenvalue weighted by Gasteiger charge is 2.38. The molecule has 0 N–H and O–H groups in total. The van der Waals surface area contributed by atoms with Crippen LogP contribution in [0.1, 0.15) is 23.0 Å². The number of alkyl halides is 3. The summed E-state index contributed by atoms with van der Waals surface area (Å²) in [6.07, 6.45) is -4.87. The largest absolute Gasteiger partial charge is 0.462 e. The normalized spacial score (nSPS) is 11.6. The number of hydrogen-bond donors (Lipinski definition) is 0. The van der Waals surface area contributed by atoms with E-state index >= 15 is 0 Å². The summed E-state index contributed by atoms with van der Waals surface area (Å²) in [5, 5.41) is -0.0239. The number of hydrogen-bond acceptors (Lipinski definition) is 5. The highest BCUT2D eigenvalue weighted by Crippen LogP contribution is 2.33. The van der Waals surface area contributed by atoms with Gasteiger partial charge >= 0.3 is 12.1 Å². The number of rotatable bonds is 3. The smallest absolute Gasteiger partial charge is 0.434 e. The fourth-order valence-electron chi connectivity index (χ4n) is 1.96. The zero-order chi connectivity index (χ0) is 17.4. The third-order valence-electron chi connectivity index (χ3n) is 2.93. The molecule has 2 aromatic rings.